The molecule has 0 spiro atoms. The molecule has 2 saturated heterocycles. The molecule has 0 unspecified atom stereocenters. The summed E-state index contributed by atoms with van der Waals surface area (Å²) in [5, 5.41) is 19.9. The van der Waals surface area contributed by atoms with E-state index in [2.05, 4.69) is 55.3 Å². The number of rotatable bonds is 13. The fraction of sp³-hybridized carbons (Fsp3) is 0.462. The molecule has 24 nitrogen and oxygen atoms in total. The van der Waals surface area contributed by atoms with E-state index in [1.54, 1.807) is 72.5 Å². The van der Waals surface area contributed by atoms with Crippen molar-refractivity contribution in [2.45, 2.75) is 50.6 Å². The van der Waals surface area contributed by atoms with Crippen LogP contribution in [0.3, 0.4) is 0 Å². The zero-order chi connectivity index (χ0) is 46.3. The third-order valence-electron chi connectivity index (χ3n) is 11.4. The summed E-state index contributed by atoms with van der Waals surface area (Å²) in [6.07, 6.45) is 13.7. The van der Waals surface area contributed by atoms with Crippen LogP contribution in [0, 0.1) is 32.4 Å². The Morgan fingerprint density at radius 3 is 1.63 bits per heavy atom. The summed E-state index contributed by atoms with van der Waals surface area (Å²) in [7, 11) is -6.61. The predicted molar refractivity (Wildman–Crippen MR) is 241 cm³/mol. The van der Waals surface area contributed by atoms with Gasteiger partial charge in [-0.05, 0) is 51.1 Å². The molecule has 2 aliphatic heterocycles. The molecule has 8 heterocycles. The maximum absolute atomic E-state index is 12.2. The number of nitrogens with two attached hydrogens (primary N) is 1. The van der Waals surface area contributed by atoms with E-state index in [0.717, 1.165) is 25.7 Å². The van der Waals surface area contributed by atoms with Crippen molar-refractivity contribution in [2.75, 3.05) is 61.8 Å². The average molecular weight is 1150 g/mol. The van der Waals surface area contributed by atoms with Gasteiger partial charge in [-0.2, -0.15) is 37.8 Å². The summed E-state index contributed by atoms with van der Waals surface area (Å²) in [5.41, 5.74) is 6.66. The average Bonchev–Trinajstić information content (AvgIpc) is 4.09. The molecule has 4 aliphatic rings. The maximum Gasteiger partial charge on any atom is 0.249 e. The van der Waals surface area contributed by atoms with E-state index in [-0.39, 0.29) is 114 Å². The summed E-state index contributed by atoms with van der Waals surface area (Å²) in [4.78, 5) is 46.2. The molecule has 10 rings (SSSR count). The van der Waals surface area contributed by atoms with Crippen molar-refractivity contribution in [2.24, 2.45) is 11.8 Å². The third kappa shape index (κ3) is 10.4. The van der Waals surface area contributed by atoms with Crippen molar-refractivity contribution in [1.29, 1.82) is 0 Å². The molecule has 0 radical (unpaired) electrons. The number of amides is 1. The summed E-state index contributed by atoms with van der Waals surface area (Å²) < 4.78 is 57.6. The van der Waals surface area contributed by atoms with E-state index in [0.29, 0.717) is 34.1 Å². The number of halogens is 1. The Morgan fingerprint density at radius 2 is 1.22 bits per heavy atom. The summed E-state index contributed by atoms with van der Waals surface area (Å²) in [6, 6.07) is 3.38. The van der Waals surface area contributed by atoms with Crippen molar-refractivity contribution in [3.63, 3.8) is 0 Å². The molecule has 1 amide bonds. The van der Waals surface area contributed by atoms with Crippen molar-refractivity contribution in [3.8, 4) is 22.8 Å². The van der Waals surface area contributed by atoms with Gasteiger partial charge in [0.15, 0.2) is 34.0 Å². The zero-order valence-electron chi connectivity index (χ0n) is 36.5. The van der Waals surface area contributed by atoms with Crippen LogP contribution in [0.2, 0.25) is 0 Å². The first-order valence-electron chi connectivity index (χ1n) is 20.5. The van der Waals surface area contributed by atoms with Crippen molar-refractivity contribution >= 4 is 66.0 Å². The van der Waals surface area contributed by atoms with Gasteiger partial charge in [0.1, 0.15) is 0 Å². The standard InChI is InChI=1S/C19H21N9O3S.C15H17N9O2S.C4H5ClO.CH3.W/c1-3-32(30,31)26-11-19(12-26,10-20-2)27-9-14(8-22-27)16-21-7-6-15-23-18(25-28(15)16)24-17(29)13-4-5-13;1-3-27(25,26)22-9-15(10-22,8-17-2)23-7-11(6-19-23)13-18-5-4-12-20-14(16)21-24(12)13;5-4(6)3-1-2-3;;/h6-9,13H,3-5,10-12H2,1H3,(H,24,25,29);4-7H,3,8-10H2,1H3,(H2,16,21);3H,1-2H2;1H3;/q;;;-1;. The fourth-order valence-corrected chi connectivity index (χ4v) is 9.97. The monoisotopic (exact) mass is 1150 g/mol. The Balaban J connectivity index is 0.000000193. The Hall–Kier alpha value is -5.76. The number of aromatic nitrogens is 12. The Bertz CT molecular complexity index is 3100. The number of nitrogens with one attached hydrogen (secondary N) is 1. The van der Waals surface area contributed by atoms with Gasteiger partial charge < -0.3 is 22.9 Å². The molecule has 2 aliphatic carbocycles. The number of carbonyl (C=O) groups excluding carboxylic acids is 2. The number of carbonyl (C=O) groups is 2. The van der Waals surface area contributed by atoms with E-state index in [1.165, 1.54) is 17.6 Å². The molecule has 67 heavy (non-hydrogen) atoms. The number of nitrogen functional groups attached to an aromatic ring is 1. The van der Waals surface area contributed by atoms with Crippen LogP contribution in [-0.4, -0.2) is 146 Å². The Kier molecular flexibility index (Phi) is 15.0. The molecule has 6 aromatic heterocycles. The summed E-state index contributed by atoms with van der Waals surface area (Å²) in [5.74, 6) is 1.57. The normalized spacial score (nSPS) is 17.4. The van der Waals surface area contributed by atoms with Crippen LogP contribution in [0.5, 0.6) is 0 Å². The predicted octanol–water partition coefficient (Wildman–Crippen LogP) is 2.08. The fourth-order valence-electron chi connectivity index (χ4n) is 7.27. The van der Waals surface area contributed by atoms with Gasteiger partial charge in [-0.15, -0.1) is 10.2 Å². The maximum atomic E-state index is 12.2. The largest absolute Gasteiger partial charge is 0.366 e. The first-order chi connectivity index (χ1) is 31.0. The van der Waals surface area contributed by atoms with Gasteiger partial charge in [0.05, 0.1) is 35.0 Å². The van der Waals surface area contributed by atoms with Gasteiger partial charge in [0, 0.05) is 96.0 Å². The first kappa shape index (κ1) is 50.6. The molecule has 0 aromatic carbocycles. The second-order valence-corrected chi connectivity index (χ2v) is 21.0. The molecule has 0 atom stereocenters. The Labute approximate surface area is 405 Å². The number of anilines is 2. The van der Waals surface area contributed by atoms with Crippen LogP contribution in [-0.2, 0) is 61.8 Å². The van der Waals surface area contributed by atoms with E-state index in [4.69, 9.17) is 30.5 Å². The second kappa shape index (κ2) is 19.8. The number of hydrogen-bond donors (Lipinski definition) is 2. The van der Waals surface area contributed by atoms with Crippen LogP contribution in [0.1, 0.15) is 39.5 Å². The van der Waals surface area contributed by atoms with Crippen molar-refractivity contribution < 1.29 is 47.5 Å². The second-order valence-electron chi connectivity index (χ2n) is 16.1. The number of hydrogen-bond acceptors (Lipinski definition) is 15. The first-order valence-corrected chi connectivity index (χ1v) is 24.1. The molecular weight excluding hydrogens is 1100 g/mol. The van der Waals surface area contributed by atoms with Crippen LogP contribution >= 0.6 is 11.6 Å². The molecule has 3 N–H and O–H groups in total. The van der Waals surface area contributed by atoms with Crippen LogP contribution in [0.15, 0.2) is 49.3 Å². The van der Waals surface area contributed by atoms with Crippen LogP contribution in [0.4, 0.5) is 11.9 Å². The SMILES string of the molecule is O=C(Cl)C1CC1.[C-]#[N+]CC1(n2cc(-c3nccc4nc(N)nn34)cn2)CN(S(=O)(=O)CC)C1.[C-]#[N+]CC1(n2cc(-c3nccc4nc(NC(=O)C5CC5)nn34)cn2)CN(S(=O)(=O)CC)C1.[CH3-].[W]. The minimum absolute atomic E-state index is 0. The van der Waals surface area contributed by atoms with Crippen molar-refractivity contribution in [1.82, 2.24) is 67.3 Å². The minimum Gasteiger partial charge on any atom is -0.366 e. The number of sulfonamides is 2. The summed E-state index contributed by atoms with van der Waals surface area (Å²) >= 11 is 5.04. The molecule has 6 aromatic rings. The van der Waals surface area contributed by atoms with Crippen molar-refractivity contribution in [3.05, 3.63) is 79.6 Å². The van der Waals surface area contributed by atoms with Gasteiger partial charge in [-0.1, -0.05) is 0 Å². The third-order valence-corrected chi connectivity index (χ3v) is 15.3. The quantitative estimate of drug-likeness (QED) is 0.124. The molecular formula is C39H46ClN18O6S2W-. The summed E-state index contributed by atoms with van der Waals surface area (Å²) in [6.45, 7) is 18.9. The molecule has 354 valence electrons. The molecule has 4 fully saturated rings. The van der Waals surface area contributed by atoms with Crippen LogP contribution in [0.25, 0.3) is 43.8 Å². The van der Waals surface area contributed by atoms with Gasteiger partial charge >= 0.3 is 0 Å². The van der Waals surface area contributed by atoms with Crippen LogP contribution < -0.4 is 11.1 Å². The van der Waals surface area contributed by atoms with E-state index < -0.39 is 31.1 Å². The van der Waals surface area contributed by atoms with E-state index in [1.807, 2.05) is 0 Å². The number of nitrogens with zero attached hydrogens (tertiary/aromatic N) is 16. The molecule has 2 saturated carbocycles. The molecule has 0 bridgehead atoms. The van der Waals surface area contributed by atoms with E-state index in [9.17, 15) is 26.4 Å². The smallest absolute Gasteiger partial charge is 0.249 e. The topological polar surface area (TPSA) is 277 Å². The number of fused-ring (bicyclic) bond motifs is 2. The van der Waals surface area contributed by atoms with Gasteiger partial charge in [-0.25, -0.2) is 39.9 Å². The van der Waals surface area contributed by atoms with Gasteiger partial charge in [0.2, 0.25) is 56.2 Å². The zero-order valence-corrected chi connectivity index (χ0v) is 41.9. The molecule has 28 heteroatoms. The van der Waals surface area contributed by atoms with Gasteiger partial charge in [0.25, 0.3) is 0 Å². The van der Waals surface area contributed by atoms with Gasteiger partial charge in [-0.3, -0.25) is 24.3 Å². The van der Waals surface area contributed by atoms with E-state index >= 15 is 0 Å². The Morgan fingerprint density at radius 1 is 0.776 bits per heavy atom. The minimum atomic E-state index is -3.32.